The summed E-state index contributed by atoms with van der Waals surface area (Å²) in [6, 6.07) is 7.34. The summed E-state index contributed by atoms with van der Waals surface area (Å²) in [5.74, 6) is -0.162. The first-order valence-electron chi connectivity index (χ1n) is 8.35. The normalized spacial score (nSPS) is 9.81. The minimum atomic E-state index is -0.162. The van der Waals surface area contributed by atoms with Crippen LogP contribution in [0.1, 0.15) is 6.92 Å². The number of nitrogens with zero attached hydrogens (tertiary/aromatic N) is 1. The molecule has 7 nitrogen and oxygen atoms in total. The van der Waals surface area contributed by atoms with Gasteiger partial charge < -0.3 is 25.4 Å². The van der Waals surface area contributed by atoms with Gasteiger partial charge in [-0.05, 0) is 55.6 Å². The molecule has 0 saturated carbocycles. The van der Waals surface area contributed by atoms with E-state index >= 15 is 0 Å². The van der Waals surface area contributed by atoms with E-state index in [2.05, 4.69) is 44.9 Å². The Morgan fingerprint density at radius 3 is 2.26 bits per heavy atom. The second-order valence-electron chi connectivity index (χ2n) is 5.39. The molecule has 0 aliphatic heterocycles. The van der Waals surface area contributed by atoms with Gasteiger partial charge in [0.2, 0.25) is 5.91 Å². The first-order chi connectivity index (χ1) is 13.0. The number of benzene rings is 1. The molecule has 0 aliphatic rings. The maximum Gasteiger partial charge on any atom is 0.246 e. The van der Waals surface area contributed by atoms with Gasteiger partial charge in [-0.3, -0.25) is 4.79 Å². The van der Waals surface area contributed by atoms with E-state index in [0.717, 1.165) is 11.4 Å². The molecular formula is C18H24N4O3S2. The number of anilines is 1. The van der Waals surface area contributed by atoms with Gasteiger partial charge in [0.25, 0.3) is 0 Å². The Kier molecular flexibility index (Phi) is 11.8. The predicted molar refractivity (Wildman–Crippen MR) is 115 cm³/mol. The number of thiocarbonyl (C=S) groups is 2. The molecule has 0 saturated heterocycles. The minimum Gasteiger partial charge on any atom is -0.377 e. The third kappa shape index (κ3) is 11.2. The fourth-order valence-electron chi connectivity index (χ4n) is 1.79. The van der Waals surface area contributed by atoms with Crippen molar-refractivity contribution in [3.05, 3.63) is 36.4 Å². The first-order valence-corrected chi connectivity index (χ1v) is 9.16. The second-order valence-corrected chi connectivity index (χ2v) is 5.98. The van der Waals surface area contributed by atoms with Gasteiger partial charge in [0.15, 0.2) is 5.11 Å². The Morgan fingerprint density at radius 1 is 1.11 bits per heavy atom. The van der Waals surface area contributed by atoms with E-state index < -0.39 is 0 Å². The summed E-state index contributed by atoms with van der Waals surface area (Å²) >= 11 is 9.77. The number of hydrogen-bond acceptors (Lipinski definition) is 6. The van der Waals surface area contributed by atoms with Crippen molar-refractivity contribution in [1.29, 1.82) is 0 Å². The molecule has 0 radical (unpaired) electrons. The average Bonchev–Trinajstić information content (AvgIpc) is 2.64. The number of ether oxygens (including phenoxy) is 2. The standard InChI is InChI=1S/C18H24N4O3S2/c1-14(2)17(23)19-7-9-24-11-12-25-10-8-20-18(27)22-16-5-3-15(4-6-16)21-13-26/h3-6H,1,7-12H2,2H3,(H,19,23)(H2,20,22,27). The zero-order valence-corrected chi connectivity index (χ0v) is 16.9. The van der Waals surface area contributed by atoms with Crippen molar-refractivity contribution in [3.63, 3.8) is 0 Å². The molecule has 3 N–H and O–H groups in total. The summed E-state index contributed by atoms with van der Waals surface area (Å²) < 4.78 is 10.8. The molecule has 0 unspecified atom stereocenters. The van der Waals surface area contributed by atoms with E-state index in [1.54, 1.807) is 6.92 Å². The fraction of sp³-hybridized carbons (Fsp3) is 0.389. The molecule has 9 heteroatoms. The second kappa shape index (κ2) is 14.0. The summed E-state index contributed by atoms with van der Waals surface area (Å²) in [4.78, 5) is 15.1. The third-order valence-electron chi connectivity index (χ3n) is 3.12. The van der Waals surface area contributed by atoms with Crippen LogP contribution in [0.4, 0.5) is 11.4 Å². The molecule has 1 amide bonds. The lowest BCUT2D eigenvalue weighted by atomic mass is 10.3. The van der Waals surface area contributed by atoms with Gasteiger partial charge in [-0.25, -0.2) is 0 Å². The van der Waals surface area contributed by atoms with Crippen molar-refractivity contribution in [3.8, 4) is 0 Å². The minimum absolute atomic E-state index is 0.162. The van der Waals surface area contributed by atoms with Crippen molar-refractivity contribution < 1.29 is 14.3 Å². The molecule has 27 heavy (non-hydrogen) atoms. The number of hydrogen-bond donors (Lipinski definition) is 3. The Morgan fingerprint density at radius 2 is 1.70 bits per heavy atom. The molecule has 0 heterocycles. The summed E-state index contributed by atoms with van der Waals surface area (Å²) in [7, 11) is 0. The highest BCUT2D eigenvalue weighted by Crippen LogP contribution is 2.15. The molecule has 0 atom stereocenters. The molecule has 0 aliphatic carbocycles. The van der Waals surface area contributed by atoms with E-state index in [9.17, 15) is 4.79 Å². The number of aliphatic imine (C=N–C) groups is 1. The summed E-state index contributed by atoms with van der Waals surface area (Å²) in [5.41, 5.74) is 2.07. The zero-order valence-electron chi connectivity index (χ0n) is 15.2. The van der Waals surface area contributed by atoms with Crippen molar-refractivity contribution in [2.75, 3.05) is 44.8 Å². The predicted octanol–water partition coefficient (Wildman–Crippen LogP) is 2.43. The van der Waals surface area contributed by atoms with E-state index in [-0.39, 0.29) is 5.91 Å². The quantitative estimate of drug-likeness (QED) is 0.212. The average molecular weight is 409 g/mol. The van der Waals surface area contributed by atoms with Gasteiger partial charge in [0.05, 0.1) is 37.3 Å². The lowest BCUT2D eigenvalue weighted by Crippen LogP contribution is -2.31. The van der Waals surface area contributed by atoms with Gasteiger partial charge in [-0.15, -0.1) is 0 Å². The maximum atomic E-state index is 11.2. The summed E-state index contributed by atoms with van der Waals surface area (Å²) in [5, 5.41) is 11.6. The van der Waals surface area contributed by atoms with Crippen LogP contribution in [-0.4, -0.2) is 55.7 Å². The Balaban J connectivity index is 2.00. The number of rotatable bonds is 12. The van der Waals surface area contributed by atoms with E-state index in [0.29, 0.717) is 50.2 Å². The van der Waals surface area contributed by atoms with Crippen molar-refractivity contribution >= 4 is 52.0 Å². The molecule has 0 bridgehead atoms. The van der Waals surface area contributed by atoms with Crippen LogP contribution in [0.15, 0.2) is 41.4 Å². The van der Waals surface area contributed by atoms with Crippen LogP contribution in [0.2, 0.25) is 0 Å². The Bertz CT molecular complexity index is 674. The number of nitrogens with one attached hydrogen (secondary N) is 3. The van der Waals surface area contributed by atoms with Crippen LogP contribution in [0, 0.1) is 0 Å². The Labute approximate surface area is 170 Å². The number of carbonyl (C=O) groups excluding carboxylic acids is 1. The lowest BCUT2D eigenvalue weighted by molar-refractivity contribution is -0.117. The van der Waals surface area contributed by atoms with E-state index in [1.165, 1.54) is 0 Å². The molecular weight excluding hydrogens is 384 g/mol. The van der Waals surface area contributed by atoms with Crippen LogP contribution in [0.3, 0.4) is 0 Å². The molecule has 1 aromatic rings. The SMILES string of the molecule is C=C(C)C(=O)NCCOCCOCCNC(=S)Nc1ccc(N=C=S)cc1. The van der Waals surface area contributed by atoms with Gasteiger partial charge in [-0.2, -0.15) is 4.99 Å². The molecule has 146 valence electrons. The first kappa shape index (κ1) is 22.9. The summed E-state index contributed by atoms with van der Waals surface area (Å²) in [6.45, 7) is 8.11. The molecule has 0 aromatic heterocycles. The number of amides is 1. The van der Waals surface area contributed by atoms with Gasteiger partial charge in [0, 0.05) is 24.4 Å². The highest BCUT2D eigenvalue weighted by Gasteiger charge is 2.00. The van der Waals surface area contributed by atoms with Crippen LogP contribution in [-0.2, 0) is 14.3 Å². The molecule has 1 rings (SSSR count). The van der Waals surface area contributed by atoms with Crippen LogP contribution in [0.5, 0.6) is 0 Å². The number of isothiocyanates is 1. The Hall–Kier alpha value is -2.16. The topological polar surface area (TPSA) is 84.0 Å². The number of carbonyl (C=O) groups is 1. The van der Waals surface area contributed by atoms with Crippen LogP contribution >= 0.6 is 24.4 Å². The van der Waals surface area contributed by atoms with Crippen LogP contribution in [0.25, 0.3) is 0 Å². The molecule has 0 fully saturated rings. The largest absolute Gasteiger partial charge is 0.377 e. The van der Waals surface area contributed by atoms with Crippen molar-refractivity contribution in [2.24, 2.45) is 4.99 Å². The fourth-order valence-corrected chi connectivity index (χ4v) is 2.12. The van der Waals surface area contributed by atoms with E-state index in [1.807, 2.05) is 24.3 Å². The third-order valence-corrected chi connectivity index (χ3v) is 3.46. The summed E-state index contributed by atoms with van der Waals surface area (Å²) in [6.07, 6.45) is 0. The monoisotopic (exact) mass is 408 g/mol. The van der Waals surface area contributed by atoms with Crippen molar-refractivity contribution in [1.82, 2.24) is 10.6 Å². The van der Waals surface area contributed by atoms with E-state index in [4.69, 9.17) is 21.7 Å². The molecule has 1 aromatic carbocycles. The van der Waals surface area contributed by atoms with Crippen LogP contribution < -0.4 is 16.0 Å². The zero-order chi connectivity index (χ0) is 19.9. The molecule has 0 spiro atoms. The smallest absolute Gasteiger partial charge is 0.246 e. The lowest BCUT2D eigenvalue weighted by Gasteiger charge is -2.11. The van der Waals surface area contributed by atoms with Gasteiger partial charge >= 0.3 is 0 Å². The van der Waals surface area contributed by atoms with Gasteiger partial charge in [0.1, 0.15) is 0 Å². The highest BCUT2D eigenvalue weighted by molar-refractivity contribution is 7.80. The highest BCUT2D eigenvalue weighted by atomic mass is 32.1. The van der Waals surface area contributed by atoms with Gasteiger partial charge in [-0.1, -0.05) is 6.58 Å². The maximum absolute atomic E-state index is 11.2. The van der Waals surface area contributed by atoms with Crippen molar-refractivity contribution in [2.45, 2.75) is 6.92 Å².